The number of carbonyl (C=O) groups excluding carboxylic acids is 1. The molecule has 1 amide bonds. The molecule has 0 saturated heterocycles. The van der Waals surface area contributed by atoms with E-state index in [1.165, 1.54) is 12.1 Å². The normalized spacial score (nSPS) is 20.0. The van der Waals surface area contributed by atoms with Crippen LogP contribution in [-0.2, 0) is 4.79 Å². The highest BCUT2D eigenvalue weighted by molar-refractivity contribution is 5.94. The Balaban J connectivity index is 2.47. The summed E-state index contributed by atoms with van der Waals surface area (Å²) in [7, 11) is 0. The van der Waals surface area contributed by atoms with Crippen LogP contribution in [0.5, 0.6) is 0 Å². The molecular weight excluding hydrogens is 193 g/mol. The SMILES string of the molecule is CC(C)C1CC(=O)Nc2ccc(F)cc21. The maximum atomic E-state index is 13.1. The second kappa shape index (κ2) is 3.65. The van der Waals surface area contributed by atoms with E-state index in [-0.39, 0.29) is 17.6 Å². The van der Waals surface area contributed by atoms with Crippen molar-refractivity contribution in [1.29, 1.82) is 0 Å². The number of fused-ring (bicyclic) bond motifs is 1. The first-order valence-corrected chi connectivity index (χ1v) is 5.17. The van der Waals surface area contributed by atoms with Crippen LogP contribution in [0.25, 0.3) is 0 Å². The maximum absolute atomic E-state index is 13.1. The van der Waals surface area contributed by atoms with Crippen molar-refractivity contribution in [3.63, 3.8) is 0 Å². The molecular formula is C12H14FNO. The van der Waals surface area contributed by atoms with Gasteiger partial charge in [-0.2, -0.15) is 0 Å². The fraction of sp³-hybridized carbons (Fsp3) is 0.417. The van der Waals surface area contributed by atoms with Gasteiger partial charge in [0, 0.05) is 12.1 Å². The summed E-state index contributed by atoms with van der Waals surface area (Å²) in [5, 5.41) is 2.77. The quantitative estimate of drug-likeness (QED) is 0.753. The van der Waals surface area contributed by atoms with E-state index in [4.69, 9.17) is 0 Å². The van der Waals surface area contributed by atoms with Crippen LogP contribution in [0.1, 0.15) is 31.7 Å². The number of benzene rings is 1. The highest BCUT2D eigenvalue weighted by Crippen LogP contribution is 2.37. The number of hydrogen-bond donors (Lipinski definition) is 1. The smallest absolute Gasteiger partial charge is 0.225 e. The van der Waals surface area contributed by atoms with Gasteiger partial charge >= 0.3 is 0 Å². The molecule has 2 nitrogen and oxygen atoms in total. The molecule has 0 fully saturated rings. The zero-order valence-electron chi connectivity index (χ0n) is 8.88. The maximum Gasteiger partial charge on any atom is 0.225 e. The highest BCUT2D eigenvalue weighted by atomic mass is 19.1. The fourth-order valence-corrected chi connectivity index (χ4v) is 2.06. The molecule has 1 aliphatic heterocycles. The van der Waals surface area contributed by atoms with Crippen molar-refractivity contribution in [2.24, 2.45) is 5.92 Å². The molecule has 2 rings (SSSR count). The van der Waals surface area contributed by atoms with Crippen molar-refractivity contribution in [2.75, 3.05) is 5.32 Å². The van der Waals surface area contributed by atoms with Crippen LogP contribution in [0.3, 0.4) is 0 Å². The highest BCUT2D eigenvalue weighted by Gasteiger charge is 2.27. The molecule has 1 unspecified atom stereocenters. The minimum Gasteiger partial charge on any atom is -0.326 e. The van der Waals surface area contributed by atoms with Gasteiger partial charge in [-0.15, -0.1) is 0 Å². The minimum atomic E-state index is -0.240. The number of amides is 1. The molecule has 1 heterocycles. The lowest BCUT2D eigenvalue weighted by Crippen LogP contribution is -2.25. The van der Waals surface area contributed by atoms with Gasteiger partial charge in [0.05, 0.1) is 0 Å². The van der Waals surface area contributed by atoms with E-state index in [0.717, 1.165) is 11.3 Å². The molecule has 0 aliphatic carbocycles. The van der Waals surface area contributed by atoms with Crippen LogP contribution in [0.4, 0.5) is 10.1 Å². The molecule has 1 aliphatic rings. The van der Waals surface area contributed by atoms with Crippen molar-refractivity contribution in [3.05, 3.63) is 29.6 Å². The summed E-state index contributed by atoms with van der Waals surface area (Å²) in [4.78, 5) is 11.4. The van der Waals surface area contributed by atoms with Crippen molar-refractivity contribution in [2.45, 2.75) is 26.2 Å². The van der Waals surface area contributed by atoms with E-state index < -0.39 is 0 Å². The second-order valence-electron chi connectivity index (χ2n) is 4.33. The van der Waals surface area contributed by atoms with Crippen LogP contribution < -0.4 is 5.32 Å². The van der Waals surface area contributed by atoms with Gasteiger partial charge in [0.1, 0.15) is 5.82 Å². The predicted octanol–water partition coefficient (Wildman–Crippen LogP) is 2.91. The summed E-state index contributed by atoms with van der Waals surface area (Å²) in [5.41, 5.74) is 1.68. The van der Waals surface area contributed by atoms with Gasteiger partial charge < -0.3 is 5.32 Å². The third kappa shape index (κ3) is 1.87. The molecule has 15 heavy (non-hydrogen) atoms. The van der Waals surface area contributed by atoms with Gasteiger partial charge in [-0.1, -0.05) is 13.8 Å². The average molecular weight is 207 g/mol. The van der Waals surface area contributed by atoms with Gasteiger partial charge in [0.15, 0.2) is 0 Å². The molecule has 0 radical (unpaired) electrons. The lowest BCUT2D eigenvalue weighted by Gasteiger charge is -2.28. The van der Waals surface area contributed by atoms with Crippen molar-refractivity contribution < 1.29 is 9.18 Å². The summed E-state index contributed by atoms with van der Waals surface area (Å²) >= 11 is 0. The van der Waals surface area contributed by atoms with E-state index >= 15 is 0 Å². The number of nitrogens with one attached hydrogen (secondary N) is 1. The van der Waals surface area contributed by atoms with Crippen molar-refractivity contribution in [3.8, 4) is 0 Å². The largest absolute Gasteiger partial charge is 0.326 e. The minimum absolute atomic E-state index is 0.0211. The lowest BCUT2D eigenvalue weighted by molar-refractivity contribution is -0.117. The van der Waals surface area contributed by atoms with Crippen LogP contribution >= 0.6 is 0 Å². The zero-order chi connectivity index (χ0) is 11.0. The van der Waals surface area contributed by atoms with Crippen LogP contribution in [0, 0.1) is 11.7 Å². The Morgan fingerprint density at radius 3 is 2.87 bits per heavy atom. The van der Waals surface area contributed by atoms with E-state index in [1.54, 1.807) is 6.07 Å². The molecule has 1 aromatic carbocycles. The Hall–Kier alpha value is -1.38. The van der Waals surface area contributed by atoms with Crippen molar-refractivity contribution >= 4 is 11.6 Å². The third-order valence-electron chi connectivity index (χ3n) is 2.90. The summed E-state index contributed by atoms with van der Waals surface area (Å²) in [6.45, 7) is 4.11. The van der Waals surface area contributed by atoms with Crippen LogP contribution in [-0.4, -0.2) is 5.91 Å². The standard InChI is InChI=1S/C12H14FNO/c1-7(2)9-6-12(15)14-11-4-3-8(13)5-10(9)11/h3-5,7,9H,6H2,1-2H3,(H,14,15). The fourth-order valence-electron chi connectivity index (χ4n) is 2.06. The summed E-state index contributed by atoms with van der Waals surface area (Å²) in [6.07, 6.45) is 0.452. The van der Waals surface area contributed by atoms with E-state index in [1.807, 2.05) is 0 Å². The van der Waals surface area contributed by atoms with Crippen LogP contribution in [0.2, 0.25) is 0 Å². The average Bonchev–Trinajstić information content (AvgIpc) is 2.17. The van der Waals surface area contributed by atoms with E-state index in [2.05, 4.69) is 19.2 Å². The first kappa shape index (κ1) is 10.1. The Labute approximate surface area is 88.5 Å². The van der Waals surface area contributed by atoms with Gasteiger partial charge in [0.25, 0.3) is 0 Å². The van der Waals surface area contributed by atoms with E-state index in [9.17, 15) is 9.18 Å². The first-order chi connectivity index (χ1) is 7.08. The molecule has 80 valence electrons. The number of anilines is 1. The van der Waals surface area contributed by atoms with Gasteiger partial charge in [-0.05, 0) is 35.6 Å². The summed E-state index contributed by atoms with van der Waals surface area (Å²) in [6, 6.07) is 4.54. The predicted molar refractivity (Wildman–Crippen MR) is 57.2 cm³/mol. The number of rotatable bonds is 1. The zero-order valence-corrected chi connectivity index (χ0v) is 8.88. The first-order valence-electron chi connectivity index (χ1n) is 5.17. The van der Waals surface area contributed by atoms with Gasteiger partial charge in [-0.3, -0.25) is 4.79 Å². The molecule has 0 saturated carbocycles. The Kier molecular flexibility index (Phi) is 2.47. The Bertz CT molecular complexity index is 401. The molecule has 1 aromatic rings. The number of hydrogen-bond acceptors (Lipinski definition) is 1. The molecule has 1 atom stereocenters. The number of carbonyl (C=O) groups is 1. The monoisotopic (exact) mass is 207 g/mol. The molecule has 3 heteroatoms. The summed E-state index contributed by atoms with van der Waals surface area (Å²) < 4.78 is 13.1. The van der Waals surface area contributed by atoms with E-state index in [0.29, 0.717) is 12.3 Å². The van der Waals surface area contributed by atoms with Crippen molar-refractivity contribution in [1.82, 2.24) is 0 Å². The molecule has 1 N–H and O–H groups in total. The summed E-state index contributed by atoms with van der Waals surface area (Å²) in [5.74, 6) is 0.254. The van der Waals surface area contributed by atoms with Gasteiger partial charge in [-0.25, -0.2) is 4.39 Å². The Morgan fingerprint density at radius 2 is 2.20 bits per heavy atom. The topological polar surface area (TPSA) is 29.1 Å². The third-order valence-corrected chi connectivity index (χ3v) is 2.90. The second-order valence-corrected chi connectivity index (χ2v) is 4.33. The Morgan fingerprint density at radius 1 is 1.47 bits per heavy atom. The number of halogens is 1. The van der Waals surface area contributed by atoms with Gasteiger partial charge in [0.2, 0.25) is 5.91 Å². The molecule has 0 spiro atoms. The molecule has 0 bridgehead atoms. The molecule has 0 aromatic heterocycles. The van der Waals surface area contributed by atoms with Crippen LogP contribution in [0.15, 0.2) is 18.2 Å². The lowest BCUT2D eigenvalue weighted by atomic mass is 9.82.